The van der Waals surface area contributed by atoms with E-state index in [1.807, 2.05) is 17.0 Å². The summed E-state index contributed by atoms with van der Waals surface area (Å²) in [5, 5.41) is 7.22. The first-order valence-electron chi connectivity index (χ1n) is 8.13. The summed E-state index contributed by atoms with van der Waals surface area (Å²) in [4.78, 5) is 14.6. The molecule has 1 heterocycles. The molecule has 0 saturated heterocycles. The molecule has 0 aliphatic heterocycles. The fourth-order valence-corrected chi connectivity index (χ4v) is 3.24. The van der Waals surface area contributed by atoms with Gasteiger partial charge in [0.2, 0.25) is 0 Å². The summed E-state index contributed by atoms with van der Waals surface area (Å²) in [5.41, 5.74) is 3.47. The molecule has 3 rings (SSSR count). The number of amides is 2. The van der Waals surface area contributed by atoms with Gasteiger partial charge < -0.3 is 10.2 Å². The quantitative estimate of drug-likeness (QED) is 0.817. The molecule has 1 aliphatic rings. The predicted molar refractivity (Wildman–Crippen MR) is 97.0 cm³/mol. The molecule has 0 radical (unpaired) electrons. The molecule has 1 aromatic carbocycles. The van der Waals surface area contributed by atoms with Crippen LogP contribution in [-0.4, -0.2) is 17.0 Å². The Hall–Kier alpha value is -1.81. The summed E-state index contributed by atoms with van der Waals surface area (Å²) in [6, 6.07) is 10.7. The second-order valence-electron chi connectivity index (χ2n) is 7.25. The van der Waals surface area contributed by atoms with Gasteiger partial charge in [0.25, 0.3) is 0 Å². The number of hydrogen-bond donors (Lipinski definition) is 1. The second kappa shape index (κ2) is 6.36. The van der Waals surface area contributed by atoms with Gasteiger partial charge >= 0.3 is 6.03 Å². The lowest BCUT2D eigenvalue weighted by Gasteiger charge is -2.23. The van der Waals surface area contributed by atoms with E-state index in [1.54, 1.807) is 11.3 Å². The Kier molecular flexibility index (Phi) is 4.44. The molecule has 0 atom stereocenters. The normalized spacial score (nSPS) is 14.6. The van der Waals surface area contributed by atoms with Crippen LogP contribution < -0.4 is 5.32 Å². The molecule has 1 aromatic heterocycles. The number of carbonyl (C=O) groups excluding carboxylic acids is 1. The van der Waals surface area contributed by atoms with E-state index in [1.165, 1.54) is 11.1 Å². The van der Waals surface area contributed by atoms with Gasteiger partial charge in [-0.05, 0) is 58.3 Å². The lowest BCUT2D eigenvalue weighted by molar-refractivity contribution is 0.206. The van der Waals surface area contributed by atoms with Crippen molar-refractivity contribution in [3.63, 3.8) is 0 Å². The number of thiophene rings is 1. The Morgan fingerprint density at radius 2 is 1.91 bits per heavy atom. The highest BCUT2D eigenvalue weighted by Crippen LogP contribution is 2.30. The molecule has 23 heavy (non-hydrogen) atoms. The Morgan fingerprint density at radius 3 is 2.43 bits per heavy atom. The van der Waals surface area contributed by atoms with Gasteiger partial charge in [-0.2, -0.15) is 11.3 Å². The number of rotatable bonds is 4. The number of benzene rings is 1. The summed E-state index contributed by atoms with van der Waals surface area (Å²) < 4.78 is 0. The van der Waals surface area contributed by atoms with Gasteiger partial charge in [0, 0.05) is 18.3 Å². The highest BCUT2D eigenvalue weighted by Gasteiger charge is 2.32. The van der Waals surface area contributed by atoms with Crippen LogP contribution in [0.2, 0.25) is 0 Å². The van der Waals surface area contributed by atoms with Gasteiger partial charge in [-0.15, -0.1) is 0 Å². The minimum absolute atomic E-state index is 0.00205. The van der Waals surface area contributed by atoms with Gasteiger partial charge in [-0.3, -0.25) is 0 Å². The van der Waals surface area contributed by atoms with Crippen molar-refractivity contribution in [1.82, 2.24) is 4.90 Å². The second-order valence-corrected chi connectivity index (χ2v) is 8.03. The fraction of sp³-hybridized carbons (Fsp3) is 0.421. The van der Waals surface area contributed by atoms with Crippen molar-refractivity contribution in [3.8, 4) is 0 Å². The predicted octanol–water partition coefficient (Wildman–Crippen LogP) is 5.24. The smallest absolute Gasteiger partial charge is 0.317 e. The van der Waals surface area contributed by atoms with Crippen molar-refractivity contribution in [1.29, 1.82) is 0 Å². The van der Waals surface area contributed by atoms with Gasteiger partial charge in [-0.1, -0.05) is 32.9 Å². The van der Waals surface area contributed by atoms with Crippen molar-refractivity contribution in [2.24, 2.45) is 0 Å². The number of hydrogen-bond acceptors (Lipinski definition) is 2. The van der Waals surface area contributed by atoms with Crippen molar-refractivity contribution < 1.29 is 4.79 Å². The summed E-state index contributed by atoms with van der Waals surface area (Å²) in [6.45, 7) is 7.27. The Balaban J connectivity index is 1.67. The van der Waals surface area contributed by atoms with Crippen molar-refractivity contribution in [3.05, 3.63) is 52.2 Å². The molecule has 1 saturated carbocycles. The molecular weight excluding hydrogens is 304 g/mol. The van der Waals surface area contributed by atoms with E-state index in [0.29, 0.717) is 12.6 Å². The molecule has 2 aromatic rings. The van der Waals surface area contributed by atoms with Gasteiger partial charge in [-0.25, -0.2) is 4.79 Å². The lowest BCUT2D eigenvalue weighted by Crippen LogP contribution is -2.36. The number of urea groups is 1. The SMILES string of the molecule is CC(C)(C)c1ccc(NC(=O)N(Cc2ccsc2)C2CC2)cc1. The molecule has 0 spiro atoms. The van der Waals surface area contributed by atoms with Crippen molar-refractivity contribution in [2.75, 3.05) is 5.32 Å². The standard InChI is InChI=1S/C19H24N2OS/c1-19(2,3)15-4-6-16(7-5-15)20-18(22)21(17-8-9-17)12-14-10-11-23-13-14/h4-7,10-11,13,17H,8-9,12H2,1-3H3,(H,20,22). The van der Waals surface area contributed by atoms with Crippen LogP contribution in [0.3, 0.4) is 0 Å². The molecule has 1 N–H and O–H groups in total. The Morgan fingerprint density at radius 1 is 1.22 bits per heavy atom. The number of anilines is 1. The van der Waals surface area contributed by atoms with E-state index in [4.69, 9.17) is 0 Å². The Bertz CT molecular complexity index is 652. The molecule has 0 unspecified atom stereocenters. The molecule has 1 aliphatic carbocycles. The van der Waals surface area contributed by atoms with Crippen LogP contribution in [0.5, 0.6) is 0 Å². The lowest BCUT2D eigenvalue weighted by atomic mass is 9.87. The van der Waals surface area contributed by atoms with Gasteiger partial charge in [0.15, 0.2) is 0 Å². The van der Waals surface area contributed by atoms with E-state index in [0.717, 1.165) is 18.5 Å². The third-order valence-electron chi connectivity index (χ3n) is 4.18. The largest absolute Gasteiger partial charge is 0.322 e. The molecule has 1 fully saturated rings. The zero-order chi connectivity index (χ0) is 16.4. The minimum atomic E-state index is 0.00205. The summed E-state index contributed by atoms with van der Waals surface area (Å²) in [7, 11) is 0. The van der Waals surface area contributed by atoms with Crippen molar-refractivity contribution >= 4 is 23.1 Å². The fourth-order valence-electron chi connectivity index (χ4n) is 2.58. The average molecular weight is 328 g/mol. The molecule has 2 amide bonds. The maximum atomic E-state index is 12.6. The average Bonchev–Trinajstić information content (AvgIpc) is 3.20. The van der Waals surface area contributed by atoms with Gasteiger partial charge in [0.05, 0.1) is 0 Å². The molecule has 4 heteroatoms. The van der Waals surface area contributed by atoms with Gasteiger partial charge in [0.1, 0.15) is 0 Å². The van der Waals surface area contributed by atoms with E-state index in [-0.39, 0.29) is 11.4 Å². The number of nitrogens with one attached hydrogen (secondary N) is 1. The number of carbonyl (C=O) groups is 1. The van der Waals surface area contributed by atoms with Crippen LogP contribution in [0.1, 0.15) is 44.7 Å². The van der Waals surface area contributed by atoms with Crippen LogP contribution in [-0.2, 0) is 12.0 Å². The van der Waals surface area contributed by atoms with Crippen LogP contribution >= 0.6 is 11.3 Å². The highest BCUT2D eigenvalue weighted by atomic mass is 32.1. The van der Waals surface area contributed by atoms with E-state index < -0.39 is 0 Å². The third kappa shape index (κ3) is 4.14. The molecule has 122 valence electrons. The molecule has 3 nitrogen and oxygen atoms in total. The zero-order valence-electron chi connectivity index (χ0n) is 14.0. The van der Waals surface area contributed by atoms with Crippen LogP contribution in [0.4, 0.5) is 10.5 Å². The third-order valence-corrected chi connectivity index (χ3v) is 4.92. The maximum Gasteiger partial charge on any atom is 0.322 e. The summed E-state index contributed by atoms with van der Waals surface area (Å²) >= 11 is 1.67. The first-order chi connectivity index (χ1) is 10.9. The monoisotopic (exact) mass is 328 g/mol. The molecule has 0 bridgehead atoms. The first kappa shape index (κ1) is 16.1. The van der Waals surface area contributed by atoms with E-state index in [2.05, 4.69) is 55.0 Å². The Labute approximate surface area is 142 Å². The van der Waals surface area contributed by atoms with Crippen LogP contribution in [0.15, 0.2) is 41.1 Å². The molecular formula is C19H24N2OS. The maximum absolute atomic E-state index is 12.6. The number of nitrogens with zero attached hydrogens (tertiary/aromatic N) is 1. The van der Waals surface area contributed by atoms with Crippen LogP contribution in [0, 0.1) is 0 Å². The minimum Gasteiger partial charge on any atom is -0.317 e. The highest BCUT2D eigenvalue weighted by molar-refractivity contribution is 7.07. The van der Waals surface area contributed by atoms with E-state index >= 15 is 0 Å². The summed E-state index contributed by atoms with van der Waals surface area (Å²) in [6.07, 6.45) is 2.22. The van der Waals surface area contributed by atoms with E-state index in [9.17, 15) is 4.79 Å². The topological polar surface area (TPSA) is 32.3 Å². The van der Waals surface area contributed by atoms with Crippen molar-refractivity contribution in [2.45, 2.75) is 51.6 Å². The first-order valence-corrected chi connectivity index (χ1v) is 9.07. The zero-order valence-corrected chi connectivity index (χ0v) is 14.8. The van der Waals surface area contributed by atoms with Crippen LogP contribution in [0.25, 0.3) is 0 Å². The summed E-state index contributed by atoms with van der Waals surface area (Å²) in [5.74, 6) is 0.